The Morgan fingerprint density at radius 2 is 1.67 bits per heavy atom. The third-order valence-electron chi connectivity index (χ3n) is 6.73. The van der Waals surface area contributed by atoms with Gasteiger partial charge in [0.25, 0.3) is 0 Å². The summed E-state index contributed by atoms with van der Waals surface area (Å²) in [7, 11) is 0. The Labute approximate surface area is 215 Å². The molecule has 0 bridgehead atoms. The van der Waals surface area contributed by atoms with Crippen LogP contribution < -0.4 is 15.4 Å². The molecule has 0 saturated carbocycles. The Kier molecular flexibility index (Phi) is 12.0. The molecule has 0 spiro atoms. The molecule has 36 heavy (non-hydrogen) atoms. The van der Waals surface area contributed by atoms with Crippen molar-refractivity contribution < 1.29 is 24.2 Å². The van der Waals surface area contributed by atoms with Crippen LogP contribution in [-0.2, 0) is 30.5 Å². The predicted octanol–water partition coefficient (Wildman–Crippen LogP) is 5.31. The van der Waals surface area contributed by atoms with Gasteiger partial charge in [-0.1, -0.05) is 31.1 Å². The lowest BCUT2D eigenvalue weighted by Crippen LogP contribution is -2.14. The van der Waals surface area contributed by atoms with Crippen LogP contribution in [0.5, 0.6) is 11.5 Å². The molecule has 6 heteroatoms. The van der Waals surface area contributed by atoms with Crippen LogP contribution in [0.15, 0.2) is 43.0 Å². The van der Waals surface area contributed by atoms with E-state index in [9.17, 15) is 4.79 Å². The summed E-state index contributed by atoms with van der Waals surface area (Å²) in [5.41, 5.74) is 5.56. The molecule has 0 amide bonds. The Balaban J connectivity index is 1.47. The van der Waals surface area contributed by atoms with Gasteiger partial charge in [0.05, 0.1) is 19.8 Å². The van der Waals surface area contributed by atoms with Crippen molar-refractivity contribution in [2.45, 2.75) is 70.6 Å². The first-order valence-corrected chi connectivity index (χ1v) is 13.3. The molecule has 2 aromatic carbocycles. The summed E-state index contributed by atoms with van der Waals surface area (Å²) in [5, 5.41) is 9.03. The lowest BCUT2D eigenvalue weighted by molar-refractivity contribution is 0.0972. The van der Waals surface area contributed by atoms with Gasteiger partial charge < -0.3 is 19.4 Å². The van der Waals surface area contributed by atoms with Crippen LogP contribution in [0.3, 0.4) is 0 Å². The minimum absolute atomic E-state index is 0.117. The van der Waals surface area contributed by atoms with E-state index in [2.05, 4.69) is 12.6 Å². The number of ether oxygens (including phenoxy) is 2. The van der Waals surface area contributed by atoms with Crippen molar-refractivity contribution in [2.24, 2.45) is 5.90 Å². The quantitative estimate of drug-likeness (QED) is 0.176. The zero-order chi connectivity index (χ0) is 25.6. The Bertz CT molecular complexity index is 988. The zero-order valence-corrected chi connectivity index (χ0v) is 21.4. The fourth-order valence-electron chi connectivity index (χ4n) is 4.91. The maximum absolute atomic E-state index is 12.3. The highest BCUT2D eigenvalue weighted by atomic mass is 16.6. The van der Waals surface area contributed by atoms with Crippen molar-refractivity contribution in [1.29, 1.82) is 0 Å². The van der Waals surface area contributed by atoms with E-state index in [0.29, 0.717) is 39.1 Å². The molecule has 6 nitrogen and oxygen atoms in total. The number of carbonyl (C=O) groups excluding carboxylic acids is 1. The van der Waals surface area contributed by atoms with E-state index in [1.165, 1.54) is 5.56 Å². The molecule has 0 radical (unpaired) electrons. The van der Waals surface area contributed by atoms with E-state index in [1.807, 2.05) is 30.3 Å². The molecule has 0 heterocycles. The molecular weight excluding hydrogens is 454 g/mol. The molecule has 0 atom stereocenters. The van der Waals surface area contributed by atoms with E-state index >= 15 is 0 Å². The molecular formula is C30H41NO5. The third kappa shape index (κ3) is 7.92. The van der Waals surface area contributed by atoms with Gasteiger partial charge in [-0.2, -0.15) is 0 Å². The predicted molar refractivity (Wildman–Crippen MR) is 143 cm³/mol. The molecule has 0 saturated heterocycles. The number of rotatable bonds is 17. The lowest BCUT2D eigenvalue weighted by atomic mass is 9.86. The van der Waals surface area contributed by atoms with Gasteiger partial charge in [0.2, 0.25) is 0 Å². The number of Topliss-reactive ketones (excluding diaryl/α,β-unsaturated/α-hetero) is 1. The molecule has 0 unspecified atom stereocenters. The van der Waals surface area contributed by atoms with E-state index in [1.54, 1.807) is 0 Å². The van der Waals surface area contributed by atoms with E-state index in [-0.39, 0.29) is 12.4 Å². The first-order chi connectivity index (χ1) is 17.7. The molecule has 0 aliphatic heterocycles. The van der Waals surface area contributed by atoms with Crippen molar-refractivity contribution in [2.75, 3.05) is 26.4 Å². The molecule has 0 aromatic heterocycles. The van der Waals surface area contributed by atoms with Gasteiger partial charge in [-0.25, -0.2) is 5.90 Å². The van der Waals surface area contributed by atoms with Gasteiger partial charge in [0, 0.05) is 37.0 Å². The van der Waals surface area contributed by atoms with Crippen molar-refractivity contribution in [3.05, 3.63) is 70.8 Å². The van der Waals surface area contributed by atoms with Crippen LogP contribution in [0.4, 0.5) is 0 Å². The number of nitrogens with two attached hydrogens (primary N) is 1. The smallest absolute Gasteiger partial charge is 0.163 e. The number of carbonyl (C=O) groups is 1. The molecule has 2 aromatic rings. The fourth-order valence-corrected chi connectivity index (χ4v) is 4.91. The number of aliphatic hydroxyl groups excluding tert-OH is 1. The highest BCUT2D eigenvalue weighted by Gasteiger charge is 2.22. The van der Waals surface area contributed by atoms with E-state index in [4.69, 9.17) is 25.3 Å². The summed E-state index contributed by atoms with van der Waals surface area (Å²) in [6, 6.07) is 10.0. The zero-order valence-electron chi connectivity index (χ0n) is 21.4. The molecule has 1 aliphatic carbocycles. The summed E-state index contributed by atoms with van der Waals surface area (Å²) >= 11 is 0. The second kappa shape index (κ2) is 15.4. The minimum Gasteiger partial charge on any atom is -0.493 e. The Morgan fingerprint density at radius 1 is 0.889 bits per heavy atom. The van der Waals surface area contributed by atoms with E-state index < -0.39 is 0 Å². The molecule has 3 N–H and O–H groups in total. The van der Waals surface area contributed by atoms with Gasteiger partial charge in [0.1, 0.15) is 11.5 Å². The summed E-state index contributed by atoms with van der Waals surface area (Å²) in [6.45, 7) is 5.61. The number of hydrogen-bond donors (Lipinski definition) is 2. The van der Waals surface area contributed by atoms with E-state index in [0.717, 1.165) is 85.1 Å². The minimum atomic E-state index is 0.117. The SMILES string of the molecule is C=CCc1c(OCCCCCCc2cccc(OCCCO)c2CCON)ccc2c1CCCC2=O. The Morgan fingerprint density at radius 3 is 2.44 bits per heavy atom. The van der Waals surface area contributed by atoms with Crippen LogP contribution in [0.25, 0.3) is 0 Å². The molecule has 1 aliphatic rings. The normalized spacial score (nSPS) is 12.9. The van der Waals surface area contributed by atoms with Crippen LogP contribution in [0.1, 0.15) is 77.6 Å². The average molecular weight is 496 g/mol. The number of aryl methyl sites for hydroxylation is 1. The van der Waals surface area contributed by atoms with Crippen LogP contribution in [0, 0.1) is 0 Å². The van der Waals surface area contributed by atoms with Crippen molar-refractivity contribution in [3.63, 3.8) is 0 Å². The summed E-state index contributed by atoms with van der Waals surface area (Å²) in [5.74, 6) is 7.26. The summed E-state index contributed by atoms with van der Waals surface area (Å²) in [6.07, 6.45) is 11.7. The average Bonchev–Trinajstić information content (AvgIpc) is 2.89. The highest BCUT2D eigenvalue weighted by molar-refractivity contribution is 5.99. The number of aliphatic hydroxyl groups is 1. The topological polar surface area (TPSA) is 91.0 Å². The second-order valence-corrected chi connectivity index (χ2v) is 9.29. The maximum atomic E-state index is 12.3. The summed E-state index contributed by atoms with van der Waals surface area (Å²) in [4.78, 5) is 17.1. The highest BCUT2D eigenvalue weighted by Crippen LogP contribution is 2.32. The van der Waals surface area contributed by atoms with Gasteiger partial charge in [-0.15, -0.1) is 6.58 Å². The lowest BCUT2D eigenvalue weighted by Gasteiger charge is -2.21. The molecule has 0 fully saturated rings. The maximum Gasteiger partial charge on any atom is 0.163 e. The van der Waals surface area contributed by atoms with Gasteiger partial charge in [-0.3, -0.25) is 4.79 Å². The number of fused-ring (bicyclic) bond motifs is 1. The number of unbranched alkanes of at least 4 members (excludes halogenated alkanes) is 3. The number of benzene rings is 2. The van der Waals surface area contributed by atoms with Crippen molar-refractivity contribution >= 4 is 5.78 Å². The first-order valence-electron chi connectivity index (χ1n) is 13.3. The first kappa shape index (κ1) is 27.9. The van der Waals surface area contributed by atoms with Gasteiger partial charge >= 0.3 is 0 Å². The van der Waals surface area contributed by atoms with Crippen LogP contribution in [0.2, 0.25) is 0 Å². The molecule has 196 valence electrons. The fraction of sp³-hybridized carbons (Fsp3) is 0.500. The van der Waals surface area contributed by atoms with Gasteiger partial charge in [-0.05, 0) is 73.4 Å². The van der Waals surface area contributed by atoms with Crippen LogP contribution >= 0.6 is 0 Å². The molecule has 3 rings (SSSR count). The summed E-state index contributed by atoms with van der Waals surface area (Å²) < 4.78 is 12.0. The van der Waals surface area contributed by atoms with Gasteiger partial charge in [0.15, 0.2) is 5.78 Å². The largest absolute Gasteiger partial charge is 0.493 e. The number of hydrogen-bond acceptors (Lipinski definition) is 6. The Hall–Kier alpha value is -2.67. The van der Waals surface area contributed by atoms with Crippen molar-refractivity contribution in [3.8, 4) is 11.5 Å². The standard InChI is InChI=1S/C30H41NO5/c1-2-10-27-25-13-8-14-28(33)26(25)16-17-30(27)34-20-6-4-3-5-11-23-12-7-15-29(35-21-9-19-32)24(23)18-22-36-31/h2,7,12,15-17,32H,1,3-6,8-11,13-14,18-22,31H2. The monoisotopic (exact) mass is 495 g/mol. The van der Waals surface area contributed by atoms with Crippen molar-refractivity contribution in [1.82, 2.24) is 0 Å². The number of ketones is 1. The van der Waals surface area contributed by atoms with Crippen LogP contribution in [-0.4, -0.2) is 37.3 Å². The number of allylic oxidation sites excluding steroid dienone is 1. The second-order valence-electron chi connectivity index (χ2n) is 9.29. The third-order valence-corrected chi connectivity index (χ3v) is 6.73.